The van der Waals surface area contributed by atoms with Crippen LogP contribution in [0.5, 0.6) is 0 Å². The van der Waals surface area contributed by atoms with Crippen molar-refractivity contribution in [2.75, 3.05) is 13.1 Å². The SMILES string of the molecule is Cc1ccc(CN=C(N)N2CCC(C)CC2)cc1.I. The molecule has 0 aromatic heterocycles. The molecule has 4 heteroatoms. The molecule has 1 aliphatic heterocycles. The molecule has 106 valence electrons. The van der Waals surface area contributed by atoms with Gasteiger partial charge in [-0.25, -0.2) is 4.99 Å². The Morgan fingerprint density at radius 2 is 1.84 bits per heavy atom. The first-order chi connectivity index (χ1) is 8.65. The van der Waals surface area contributed by atoms with E-state index >= 15 is 0 Å². The van der Waals surface area contributed by atoms with Crippen LogP contribution in [0.3, 0.4) is 0 Å². The molecule has 19 heavy (non-hydrogen) atoms. The zero-order valence-electron chi connectivity index (χ0n) is 11.8. The van der Waals surface area contributed by atoms with Crippen LogP contribution < -0.4 is 5.73 Å². The number of benzene rings is 1. The van der Waals surface area contributed by atoms with E-state index in [0.29, 0.717) is 12.5 Å². The summed E-state index contributed by atoms with van der Waals surface area (Å²) in [4.78, 5) is 6.70. The van der Waals surface area contributed by atoms with E-state index in [4.69, 9.17) is 5.73 Å². The lowest BCUT2D eigenvalue weighted by Gasteiger charge is -2.31. The molecule has 1 aliphatic rings. The largest absolute Gasteiger partial charge is 0.370 e. The molecule has 0 saturated carbocycles. The van der Waals surface area contributed by atoms with Crippen LogP contribution >= 0.6 is 24.0 Å². The molecular weight excluding hydrogens is 349 g/mol. The van der Waals surface area contributed by atoms with Gasteiger partial charge in [0.1, 0.15) is 0 Å². The van der Waals surface area contributed by atoms with E-state index < -0.39 is 0 Å². The quantitative estimate of drug-likeness (QED) is 0.492. The van der Waals surface area contributed by atoms with Gasteiger partial charge in [0, 0.05) is 13.1 Å². The summed E-state index contributed by atoms with van der Waals surface area (Å²) in [5.41, 5.74) is 8.54. The predicted molar refractivity (Wildman–Crippen MR) is 91.9 cm³/mol. The van der Waals surface area contributed by atoms with Crippen molar-refractivity contribution in [3.8, 4) is 0 Å². The maximum absolute atomic E-state index is 6.05. The van der Waals surface area contributed by atoms with Crippen LogP contribution in [0.2, 0.25) is 0 Å². The molecule has 0 unspecified atom stereocenters. The van der Waals surface area contributed by atoms with Gasteiger partial charge in [-0.3, -0.25) is 0 Å². The highest BCUT2D eigenvalue weighted by Crippen LogP contribution is 2.15. The summed E-state index contributed by atoms with van der Waals surface area (Å²) in [5, 5.41) is 0. The lowest BCUT2D eigenvalue weighted by molar-refractivity contribution is 0.277. The third-order valence-corrected chi connectivity index (χ3v) is 3.65. The van der Waals surface area contributed by atoms with Crippen molar-refractivity contribution in [1.29, 1.82) is 0 Å². The number of guanidine groups is 1. The highest BCUT2D eigenvalue weighted by molar-refractivity contribution is 14.0. The van der Waals surface area contributed by atoms with E-state index in [-0.39, 0.29) is 24.0 Å². The summed E-state index contributed by atoms with van der Waals surface area (Å²) < 4.78 is 0. The molecule has 1 heterocycles. The Kier molecular flexibility index (Phi) is 6.62. The second-order valence-electron chi connectivity index (χ2n) is 5.33. The number of piperidine rings is 1. The van der Waals surface area contributed by atoms with Crippen LogP contribution in [-0.4, -0.2) is 23.9 Å². The van der Waals surface area contributed by atoms with E-state index in [2.05, 4.69) is 48.0 Å². The topological polar surface area (TPSA) is 41.6 Å². The predicted octanol–water partition coefficient (Wildman–Crippen LogP) is 3.16. The van der Waals surface area contributed by atoms with Crippen molar-refractivity contribution >= 4 is 29.9 Å². The molecule has 3 nitrogen and oxygen atoms in total. The molecule has 1 aromatic carbocycles. The summed E-state index contributed by atoms with van der Waals surface area (Å²) in [7, 11) is 0. The molecule has 0 bridgehead atoms. The number of halogens is 1. The normalized spacial score (nSPS) is 17.2. The zero-order chi connectivity index (χ0) is 13.0. The van der Waals surface area contributed by atoms with Crippen LogP contribution in [0, 0.1) is 12.8 Å². The summed E-state index contributed by atoms with van der Waals surface area (Å²) in [6, 6.07) is 8.46. The summed E-state index contributed by atoms with van der Waals surface area (Å²) in [6.45, 7) is 7.17. The lowest BCUT2D eigenvalue weighted by atomic mass is 10.00. The molecule has 0 spiro atoms. The zero-order valence-corrected chi connectivity index (χ0v) is 14.1. The number of hydrogen-bond donors (Lipinski definition) is 1. The number of nitrogens with zero attached hydrogens (tertiary/aromatic N) is 2. The van der Waals surface area contributed by atoms with Gasteiger partial charge >= 0.3 is 0 Å². The Morgan fingerprint density at radius 1 is 1.26 bits per heavy atom. The number of aliphatic imine (C=N–C) groups is 1. The van der Waals surface area contributed by atoms with Gasteiger partial charge in [-0.15, -0.1) is 24.0 Å². The van der Waals surface area contributed by atoms with E-state index in [0.717, 1.165) is 19.0 Å². The van der Waals surface area contributed by atoms with Crippen molar-refractivity contribution in [3.63, 3.8) is 0 Å². The van der Waals surface area contributed by atoms with Gasteiger partial charge < -0.3 is 10.6 Å². The highest BCUT2D eigenvalue weighted by atomic mass is 127. The number of aryl methyl sites for hydroxylation is 1. The Balaban J connectivity index is 0.00000180. The van der Waals surface area contributed by atoms with Crippen molar-refractivity contribution < 1.29 is 0 Å². The highest BCUT2D eigenvalue weighted by Gasteiger charge is 2.16. The van der Waals surface area contributed by atoms with Gasteiger partial charge in [0.15, 0.2) is 5.96 Å². The summed E-state index contributed by atoms with van der Waals surface area (Å²) >= 11 is 0. The monoisotopic (exact) mass is 373 g/mol. The Morgan fingerprint density at radius 3 is 2.42 bits per heavy atom. The van der Waals surface area contributed by atoms with Crippen LogP contribution in [0.1, 0.15) is 30.9 Å². The van der Waals surface area contributed by atoms with Crippen molar-refractivity contribution in [2.45, 2.75) is 33.2 Å². The first kappa shape index (κ1) is 16.3. The molecule has 0 radical (unpaired) electrons. The molecular formula is C15H24IN3. The fourth-order valence-electron chi connectivity index (χ4n) is 2.20. The minimum Gasteiger partial charge on any atom is -0.370 e. The lowest BCUT2D eigenvalue weighted by Crippen LogP contribution is -2.42. The van der Waals surface area contributed by atoms with Gasteiger partial charge in [0.2, 0.25) is 0 Å². The first-order valence-corrected chi connectivity index (χ1v) is 6.75. The van der Waals surface area contributed by atoms with Gasteiger partial charge in [-0.2, -0.15) is 0 Å². The molecule has 2 rings (SSSR count). The van der Waals surface area contributed by atoms with E-state index in [1.807, 2.05) is 0 Å². The summed E-state index contributed by atoms with van der Waals surface area (Å²) in [5.74, 6) is 1.52. The van der Waals surface area contributed by atoms with Crippen LogP contribution in [0.25, 0.3) is 0 Å². The fraction of sp³-hybridized carbons (Fsp3) is 0.533. The Bertz CT molecular complexity index is 406. The number of rotatable bonds is 2. The maximum Gasteiger partial charge on any atom is 0.191 e. The minimum absolute atomic E-state index is 0. The third kappa shape index (κ3) is 5.01. The minimum atomic E-state index is 0. The van der Waals surface area contributed by atoms with E-state index in [9.17, 15) is 0 Å². The average Bonchev–Trinajstić information content (AvgIpc) is 2.38. The molecule has 2 N–H and O–H groups in total. The number of hydrogen-bond acceptors (Lipinski definition) is 1. The average molecular weight is 373 g/mol. The number of likely N-dealkylation sites (tertiary alicyclic amines) is 1. The second-order valence-corrected chi connectivity index (χ2v) is 5.33. The molecule has 1 saturated heterocycles. The van der Waals surface area contributed by atoms with E-state index in [1.54, 1.807) is 0 Å². The standard InChI is InChI=1S/C15H23N3.HI/c1-12-3-5-14(6-4-12)11-17-15(16)18-9-7-13(2)8-10-18;/h3-6,13H,7-11H2,1-2H3,(H2,16,17);1H. The van der Waals surface area contributed by atoms with E-state index in [1.165, 1.54) is 24.0 Å². The molecule has 1 fully saturated rings. The molecule has 1 aromatic rings. The molecule has 0 aliphatic carbocycles. The maximum atomic E-state index is 6.05. The van der Waals surface area contributed by atoms with Gasteiger partial charge in [0.05, 0.1) is 6.54 Å². The smallest absolute Gasteiger partial charge is 0.191 e. The van der Waals surface area contributed by atoms with Crippen LogP contribution in [0.4, 0.5) is 0 Å². The van der Waals surface area contributed by atoms with Gasteiger partial charge in [-0.1, -0.05) is 36.8 Å². The van der Waals surface area contributed by atoms with Crippen molar-refractivity contribution in [1.82, 2.24) is 4.90 Å². The Labute approximate surface area is 133 Å². The molecule has 0 atom stereocenters. The Hall–Kier alpha value is -0.780. The van der Waals surface area contributed by atoms with Gasteiger partial charge in [0.25, 0.3) is 0 Å². The third-order valence-electron chi connectivity index (χ3n) is 3.65. The van der Waals surface area contributed by atoms with Crippen LogP contribution in [-0.2, 0) is 6.54 Å². The van der Waals surface area contributed by atoms with Crippen molar-refractivity contribution in [3.05, 3.63) is 35.4 Å². The first-order valence-electron chi connectivity index (χ1n) is 6.75. The van der Waals surface area contributed by atoms with Gasteiger partial charge in [-0.05, 0) is 31.2 Å². The second kappa shape index (κ2) is 7.72. The van der Waals surface area contributed by atoms with Crippen molar-refractivity contribution in [2.24, 2.45) is 16.6 Å². The number of nitrogens with two attached hydrogens (primary N) is 1. The molecule has 0 amide bonds. The summed E-state index contributed by atoms with van der Waals surface area (Å²) in [6.07, 6.45) is 2.45. The van der Waals surface area contributed by atoms with Crippen LogP contribution in [0.15, 0.2) is 29.3 Å². The fourth-order valence-corrected chi connectivity index (χ4v) is 2.20.